The van der Waals surface area contributed by atoms with E-state index in [9.17, 15) is 0 Å². The summed E-state index contributed by atoms with van der Waals surface area (Å²) in [7, 11) is 2.18. The van der Waals surface area contributed by atoms with E-state index in [0.717, 1.165) is 6.54 Å². The normalized spacial score (nSPS) is 14.0. The Bertz CT molecular complexity index is 610. The molecule has 0 atom stereocenters. The molecule has 0 aromatic heterocycles. The summed E-state index contributed by atoms with van der Waals surface area (Å²) in [6.07, 6.45) is 2.47. The van der Waals surface area contributed by atoms with Gasteiger partial charge in [0.25, 0.3) is 0 Å². The third-order valence-corrected chi connectivity index (χ3v) is 4.49. The first kappa shape index (κ1) is 13.7. The summed E-state index contributed by atoms with van der Waals surface area (Å²) in [5.41, 5.74) is 5.43. The van der Waals surface area contributed by atoms with E-state index in [4.69, 9.17) is 0 Å². The van der Waals surface area contributed by atoms with Crippen LogP contribution >= 0.6 is 22.6 Å². The quantitative estimate of drug-likeness (QED) is 0.802. The van der Waals surface area contributed by atoms with Crippen LogP contribution in [0.15, 0.2) is 42.5 Å². The first-order valence-electron chi connectivity index (χ1n) is 7.05. The highest BCUT2D eigenvalue weighted by molar-refractivity contribution is 14.1. The van der Waals surface area contributed by atoms with Gasteiger partial charge in [-0.2, -0.15) is 0 Å². The number of nitrogens with one attached hydrogen (secondary N) is 1. The van der Waals surface area contributed by atoms with Gasteiger partial charge in [0.1, 0.15) is 0 Å². The maximum absolute atomic E-state index is 3.50. The van der Waals surface area contributed by atoms with Crippen LogP contribution in [0, 0.1) is 3.57 Å². The van der Waals surface area contributed by atoms with Crippen molar-refractivity contribution < 1.29 is 0 Å². The van der Waals surface area contributed by atoms with Crippen molar-refractivity contribution in [3.63, 3.8) is 0 Å². The predicted octanol–water partition coefficient (Wildman–Crippen LogP) is 4.29. The third kappa shape index (κ3) is 3.08. The summed E-state index contributed by atoms with van der Waals surface area (Å²) in [5, 5.41) is 3.50. The van der Waals surface area contributed by atoms with E-state index >= 15 is 0 Å². The number of fused-ring (bicyclic) bond motifs is 1. The number of nitrogens with zero attached hydrogens (tertiary/aromatic N) is 1. The van der Waals surface area contributed by atoms with Crippen LogP contribution in [0.3, 0.4) is 0 Å². The highest BCUT2D eigenvalue weighted by Crippen LogP contribution is 2.27. The molecule has 0 fully saturated rings. The van der Waals surface area contributed by atoms with Gasteiger partial charge in [0.05, 0.1) is 0 Å². The van der Waals surface area contributed by atoms with Gasteiger partial charge < -0.3 is 10.2 Å². The molecule has 104 valence electrons. The Morgan fingerprint density at radius 1 is 1.20 bits per heavy atom. The number of hydrogen-bond donors (Lipinski definition) is 1. The molecule has 1 heterocycles. The minimum atomic E-state index is 0.886. The fraction of sp³-hybridized carbons (Fsp3) is 0.294. The smallest absolute Gasteiger partial charge is 0.0400 e. The summed E-state index contributed by atoms with van der Waals surface area (Å²) < 4.78 is 1.26. The van der Waals surface area contributed by atoms with Gasteiger partial charge in [-0.1, -0.05) is 18.2 Å². The fourth-order valence-electron chi connectivity index (χ4n) is 2.75. The van der Waals surface area contributed by atoms with E-state index in [2.05, 4.69) is 82.3 Å². The molecular weight excluding hydrogens is 359 g/mol. The molecule has 1 aliphatic heterocycles. The number of rotatable bonds is 3. The second kappa shape index (κ2) is 6.04. The average molecular weight is 378 g/mol. The van der Waals surface area contributed by atoms with Crippen molar-refractivity contribution in [3.05, 3.63) is 57.2 Å². The standard InChI is InChI=1S/C17H19IN2/c1-20-9-3-4-14-10-13(7-8-17(14)20)12-19-16-6-2-5-15(18)11-16/h2,5-8,10-11,19H,3-4,9,12H2,1H3. The predicted molar refractivity (Wildman–Crippen MR) is 94.5 cm³/mol. The van der Waals surface area contributed by atoms with Crippen LogP contribution in [-0.4, -0.2) is 13.6 Å². The van der Waals surface area contributed by atoms with Gasteiger partial charge in [-0.05, 0) is 70.8 Å². The molecule has 0 aliphatic carbocycles. The summed E-state index contributed by atoms with van der Waals surface area (Å²) in [6, 6.07) is 15.3. The van der Waals surface area contributed by atoms with Gasteiger partial charge in [-0.3, -0.25) is 0 Å². The molecule has 3 rings (SSSR count). The molecule has 1 N–H and O–H groups in total. The zero-order valence-electron chi connectivity index (χ0n) is 11.7. The van der Waals surface area contributed by atoms with Crippen LogP contribution < -0.4 is 10.2 Å². The molecule has 2 aromatic rings. The first-order valence-corrected chi connectivity index (χ1v) is 8.12. The van der Waals surface area contributed by atoms with Crippen molar-refractivity contribution >= 4 is 34.0 Å². The Morgan fingerprint density at radius 2 is 2.10 bits per heavy atom. The van der Waals surface area contributed by atoms with Crippen LogP contribution in [0.25, 0.3) is 0 Å². The average Bonchev–Trinajstić information content (AvgIpc) is 2.45. The maximum atomic E-state index is 3.50. The van der Waals surface area contributed by atoms with Gasteiger partial charge in [0.2, 0.25) is 0 Å². The lowest BCUT2D eigenvalue weighted by molar-refractivity contribution is 0.743. The molecule has 0 amide bonds. The molecule has 1 aliphatic rings. The van der Waals surface area contributed by atoms with E-state index in [1.165, 1.54) is 45.5 Å². The SMILES string of the molecule is CN1CCCc2cc(CNc3cccc(I)c3)ccc21. The summed E-state index contributed by atoms with van der Waals surface area (Å²) in [4.78, 5) is 2.36. The molecule has 0 radical (unpaired) electrons. The Labute approximate surface area is 134 Å². The van der Waals surface area contributed by atoms with Crippen LogP contribution in [0.2, 0.25) is 0 Å². The fourth-order valence-corrected chi connectivity index (χ4v) is 3.29. The zero-order chi connectivity index (χ0) is 13.9. The second-order valence-corrected chi connectivity index (χ2v) is 6.60. The van der Waals surface area contributed by atoms with Gasteiger partial charge in [0.15, 0.2) is 0 Å². The van der Waals surface area contributed by atoms with E-state index in [1.54, 1.807) is 0 Å². The molecule has 0 saturated carbocycles. The van der Waals surface area contributed by atoms with Gasteiger partial charge >= 0.3 is 0 Å². The number of anilines is 2. The lowest BCUT2D eigenvalue weighted by atomic mass is 9.99. The summed E-state index contributed by atoms with van der Waals surface area (Å²) in [5.74, 6) is 0. The van der Waals surface area contributed by atoms with E-state index in [-0.39, 0.29) is 0 Å². The van der Waals surface area contributed by atoms with Crippen molar-refractivity contribution in [2.75, 3.05) is 23.8 Å². The number of benzene rings is 2. The van der Waals surface area contributed by atoms with Crippen LogP contribution in [0.4, 0.5) is 11.4 Å². The third-order valence-electron chi connectivity index (χ3n) is 3.82. The molecular formula is C17H19IN2. The van der Waals surface area contributed by atoms with Crippen molar-refractivity contribution in [2.45, 2.75) is 19.4 Å². The second-order valence-electron chi connectivity index (χ2n) is 5.35. The highest BCUT2D eigenvalue weighted by atomic mass is 127. The van der Waals surface area contributed by atoms with E-state index < -0.39 is 0 Å². The molecule has 3 heteroatoms. The van der Waals surface area contributed by atoms with Gasteiger partial charge in [-0.25, -0.2) is 0 Å². The lowest BCUT2D eigenvalue weighted by Crippen LogP contribution is -2.24. The maximum Gasteiger partial charge on any atom is 0.0400 e. The zero-order valence-corrected chi connectivity index (χ0v) is 13.9. The first-order chi connectivity index (χ1) is 9.72. The van der Waals surface area contributed by atoms with Crippen molar-refractivity contribution in [2.24, 2.45) is 0 Å². The Balaban J connectivity index is 1.72. The molecule has 0 spiro atoms. The minimum absolute atomic E-state index is 0.886. The molecule has 2 nitrogen and oxygen atoms in total. The summed E-state index contributed by atoms with van der Waals surface area (Å²) in [6.45, 7) is 2.06. The Hall–Kier alpha value is -1.23. The van der Waals surface area contributed by atoms with Crippen molar-refractivity contribution in [1.29, 1.82) is 0 Å². The largest absolute Gasteiger partial charge is 0.381 e. The highest BCUT2D eigenvalue weighted by Gasteiger charge is 2.13. The molecule has 0 saturated heterocycles. The molecule has 0 bridgehead atoms. The molecule has 2 aromatic carbocycles. The van der Waals surface area contributed by atoms with Crippen LogP contribution in [-0.2, 0) is 13.0 Å². The number of halogens is 1. The van der Waals surface area contributed by atoms with E-state index in [1.807, 2.05) is 0 Å². The topological polar surface area (TPSA) is 15.3 Å². The summed E-state index contributed by atoms with van der Waals surface area (Å²) >= 11 is 2.34. The van der Waals surface area contributed by atoms with Crippen molar-refractivity contribution in [1.82, 2.24) is 0 Å². The number of aryl methyl sites for hydroxylation is 1. The van der Waals surface area contributed by atoms with Crippen LogP contribution in [0.1, 0.15) is 17.5 Å². The van der Waals surface area contributed by atoms with Gasteiger partial charge in [0, 0.05) is 35.1 Å². The lowest BCUT2D eigenvalue weighted by Gasteiger charge is -2.27. The number of hydrogen-bond acceptors (Lipinski definition) is 2. The molecule has 20 heavy (non-hydrogen) atoms. The van der Waals surface area contributed by atoms with Crippen LogP contribution in [0.5, 0.6) is 0 Å². The molecule has 0 unspecified atom stereocenters. The Kier molecular flexibility index (Phi) is 4.15. The minimum Gasteiger partial charge on any atom is -0.381 e. The van der Waals surface area contributed by atoms with Gasteiger partial charge in [-0.15, -0.1) is 0 Å². The monoisotopic (exact) mass is 378 g/mol. The van der Waals surface area contributed by atoms with Crippen molar-refractivity contribution in [3.8, 4) is 0 Å². The Morgan fingerprint density at radius 3 is 2.95 bits per heavy atom. The van der Waals surface area contributed by atoms with E-state index in [0.29, 0.717) is 0 Å².